The summed E-state index contributed by atoms with van der Waals surface area (Å²) in [5, 5.41) is 0. The summed E-state index contributed by atoms with van der Waals surface area (Å²) < 4.78 is 26.1. The van der Waals surface area contributed by atoms with Crippen LogP contribution in [0.2, 0.25) is 0 Å². The first-order chi connectivity index (χ1) is 9.52. The van der Waals surface area contributed by atoms with Crippen LogP contribution >= 0.6 is 0 Å². The van der Waals surface area contributed by atoms with E-state index in [0.29, 0.717) is 13.0 Å². The Kier molecular flexibility index (Phi) is 7.19. The zero-order chi connectivity index (χ0) is 15.0. The summed E-state index contributed by atoms with van der Waals surface area (Å²) in [6, 6.07) is 8.02. The minimum absolute atomic E-state index is 0.186. The quantitative estimate of drug-likeness (QED) is 0.761. The second-order valence-corrected chi connectivity index (χ2v) is 6.80. The molecule has 0 aromatic heterocycles. The largest absolute Gasteiger partial charge is 0.300 e. The summed E-state index contributed by atoms with van der Waals surface area (Å²) in [7, 11) is -3.15. The van der Waals surface area contributed by atoms with Crippen LogP contribution in [-0.2, 0) is 23.1 Å². The molecule has 0 bridgehead atoms. The highest BCUT2D eigenvalue weighted by molar-refractivity contribution is 7.89. The Hall–Kier alpha value is -0.910. The van der Waals surface area contributed by atoms with Gasteiger partial charge in [-0.1, -0.05) is 45.0 Å². The first kappa shape index (κ1) is 17.1. The smallest absolute Gasteiger partial charge is 0.211 e. The molecular formula is C15H26N2O2S. The van der Waals surface area contributed by atoms with E-state index in [0.717, 1.165) is 25.2 Å². The minimum Gasteiger partial charge on any atom is -0.300 e. The molecule has 114 valence electrons. The first-order valence-electron chi connectivity index (χ1n) is 7.28. The highest BCUT2D eigenvalue weighted by Crippen LogP contribution is 2.12. The van der Waals surface area contributed by atoms with Crippen LogP contribution in [0.15, 0.2) is 24.3 Å². The van der Waals surface area contributed by atoms with Gasteiger partial charge in [-0.3, -0.25) is 4.90 Å². The summed E-state index contributed by atoms with van der Waals surface area (Å²) >= 11 is 0. The molecule has 4 nitrogen and oxygen atoms in total. The molecule has 0 radical (unpaired) electrons. The van der Waals surface area contributed by atoms with Crippen molar-refractivity contribution in [1.82, 2.24) is 9.62 Å². The summed E-state index contributed by atoms with van der Waals surface area (Å²) in [6.07, 6.45) is 0.635. The van der Waals surface area contributed by atoms with E-state index in [2.05, 4.69) is 29.5 Å². The number of nitrogens with one attached hydrogen (secondary N) is 1. The third kappa shape index (κ3) is 5.61. The van der Waals surface area contributed by atoms with Crippen molar-refractivity contribution in [3.8, 4) is 0 Å². The Labute approximate surface area is 123 Å². The van der Waals surface area contributed by atoms with Gasteiger partial charge in [0.2, 0.25) is 10.0 Å². The van der Waals surface area contributed by atoms with E-state index in [4.69, 9.17) is 0 Å². The maximum absolute atomic E-state index is 11.7. The molecule has 1 aromatic rings. The van der Waals surface area contributed by atoms with Gasteiger partial charge in [-0.2, -0.15) is 0 Å². The zero-order valence-corrected chi connectivity index (χ0v) is 13.5. The fraction of sp³-hybridized carbons (Fsp3) is 0.600. The fourth-order valence-electron chi connectivity index (χ4n) is 2.10. The lowest BCUT2D eigenvalue weighted by Crippen LogP contribution is -2.27. The molecule has 20 heavy (non-hydrogen) atoms. The van der Waals surface area contributed by atoms with Crippen LogP contribution in [-0.4, -0.2) is 32.2 Å². The van der Waals surface area contributed by atoms with E-state index >= 15 is 0 Å². The van der Waals surface area contributed by atoms with Crippen LogP contribution in [0.1, 0.15) is 38.3 Å². The van der Waals surface area contributed by atoms with Gasteiger partial charge in [-0.15, -0.1) is 0 Å². The van der Waals surface area contributed by atoms with Gasteiger partial charge in [-0.05, 0) is 30.6 Å². The van der Waals surface area contributed by atoms with Crippen LogP contribution in [0.25, 0.3) is 0 Å². The molecule has 0 aliphatic carbocycles. The summed E-state index contributed by atoms with van der Waals surface area (Å²) in [6.45, 7) is 9.36. The molecular weight excluding hydrogens is 272 g/mol. The maximum Gasteiger partial charge on any atom is 0.211 e. The number of nitrogens with zero attached hydrogens (tertiary/aromatic N) is 1. The van der Waals surface area contributed by atoms with E-state index in [1.165, 1.54) is 5.56 Å². The number of hydrogen-bond acceptors (Lipinski definition) is 3. The normalized spacial score (nSPS) is 12.0. The Morgan fingerprint density at radius 1 is 1.05 bits per heavy atom. The van der Waals surface area contributed by atoms with Gasteiger partial charge >= 0.3 is 0 Å². The van der Waals surface area contributed by atoms with Crippen LogP contribution in [0, 0.1) is 0 Å². The van der Waals surface area contributed by atoms with Crippen molar-refractivity contribution in [2.75, 3.05) is 18.8 Å². The van der Waals surface area contributed by atoms with E-state index in [1.807, 2.05) is 25.1 Å². The monoisotopic (exact) mass is 298 g/mol. The van der Waals surface area contributed by atoms with Crippen molar-refractivity contribution in [2.24, 2.45) is 0 Å². The second-order valence-electron chi connectivity index (χ2n) is 4.87. The molecule has 0 aliphatic heterocycles. The van der Waals surface area contributed by atoms with Gasteiger partial charge in [0.05, 0.1) is 5.75 Å². The predicted molar refractivity (Wildman–Crippen MR) is 84.0 cm³/mol. The highest BCUT2D eigenvalue weighted by Gasteiger charge is 2.11. The van der Waals surface area contributed by atoms with Crippen molar-refractivity contribution >= 4 is 10.0 Å². The lowest BCUT2D eigenvalue weighted by atomic mass is 10.1. The van der Waals surface area contributed by atoms with E-state index < -0.39 is 10.0 Å². The summed E-state index contributed by atoms with van der Waals surface area (Å²) in [5.74, 6) is 0.186. The molecule has 0 heterocycles. The Balaban J connectivity index is 2.75. The van der Waals surface area contributed by atoms with Gasteiger partial charge < -0.3 is 0 Å². The van der Waals surface area contributed by atoms with Crippen molar-refractivity contribution in [2.45, 2.75) is 40.3 Å². The van der Waals surface area contributed by atoms with Crippen LogP contribution < -0.4 is 4.72 Å². The summed E-state index contributed by atoms with van der Waals surface area (Å²) in [4.78, 5) is 2.32. The summed E-state index contributed by atoms with van der Waals surface area (Å²) in [5.41, 5.74) is 2.24. The molecule has 1 aromatic carbocycles. The molecule has 0 aliphatic rings. The molecule has 1 rings (SSSR count). The van der Waals surface area contributed by atoms with Crippen LogP contribution in [0.3, 0.4) is 0 Å². The van der Waals surface area contributed by atoms with E-state index in [9.17, 15) is 8.42 Å². The van der Waals surface area contributed by atoms with Crippen molar-refractivity contribution in [3.63, 3.8) is 0 Å². The molecule has 5 heteroatoms. The molecule has 0 spiro atoms. The molecule has 1 N–H and O–H groups in total. The molecule has 0 saturated carbocycles. The molecule has 0 amide bonds. The Morgan fingerprint density at radius 3 is 2.20 bits per heavy atom. The lowest BCUT2D eigenvalue weighted by Gasteiger charge is -2.20. The zero-order valence-electron chi connectivity index (χ0n) is 12.7. The lowest BCUT2D eigenvalue weighted by molar-refractivity contribution is 0.295. The number of hydrogen-bond donors (Lipinski definition) is 1. The van der Waals surface area contributed by atoms with Gasteiger partial charge in [0, 0.05) is 13.1 Å². The van der Waals surface area contributed by atoms with Crippen LogP contribution in [0.5, 0.6) is 0 Å². The Bertz CT molecular complexity index is 496. The van der Waals surface area contributed by atoms with Crippen molar-refractivity contribution in [1.29, 1.82) is 0 Å². The topological polar surface area (TPSA) is 49.4 Å². The second kappa shape index (κ2) is 8.39. The third-order valence-electron chi connectivity index (χ3n) is 3.36. The van der Waals surface area contributed by atoms with E-state index in [1.54, 1.807) is 0 Å². The maximum atomic E-state index is 11.7. The van der Waals surface area contributed by atoms with Gasteiger partial charge in [-0.25, -0.2) is 13.1 Å². The third-order valence-corrected chi connectivity index (χ3v) is 4.89. The number of benzene rings is 1. The minimum atomic E-state index is -3.15. The van der Waals surface area contributed by atoms with Gasteiger partial charge in [0.25, 0.3) is 0 Å². The SMILES string of the molecule is CCCS(=O)(=O)NCc1ccccc1CN(CC)CC. The first-order valence-corrected chi connectivity index (χ1v) is 8.94. The van der Waals surface area contributed by atoms with Gasteiger partial charge in [0.1, 0.15) is 0 Å². The van der Waals surface area contributed by atoms with Crippen LogP contribution in [0.4, 0.5) is 0 Å². The van der Waals surface area contributed by atoms with Crippen molar-refractivity contribution in [3.05, 3.63) is 35.4 Å². The average molecular weight is 298 g/mol. The van der Waals surface area contributed by atoms with E-state index in [-0.39, 0.29) is 5.75 Å². The molecule has 0 atom stereocenters. The predicted octanol–water partition coefficient (Wildman–Crippen LogP) is 2.36. The highest BCUT2D eigenvalue weighted by atomic mass is 32.2. The van der Waals surface area contributed by atoms with Crippen molar-refractivity contribution < 1.29 is 8.42 Å². The standard InChI is InChI=1S/C15H26N2O2S/c1-4-11-20(18,19)16-12-14-9-7-8-10-15(14)13-17(5-2)6-3/h7-10,16H,4-6,11-13H2,1-3H3. The fourth-order valence-corrected chi connectivity index (χ4v) is 3.16. The molecule has 0 saturated heterocycles. The molecule has 0 fully saturated rings. The van der Waals surface area contributed by atoms with Gasteiger partial charge in [0.15, 0.2) is 0 Å². The molecule has 0 unspecified atom stereocenters. The average Bonchev–Trinajstić information content (AvgIpc) is 2.43. The number of rotatable bonds is 9. The number of sulfonamides is 1. The Morgan fingerprint density at radius 2 is 1.65 bits per heavy atom.